The number of ketones is 3. The van der Waals surface area contributed by atoms with E-state index in [1.165, 1.54) is 0 Å². The highest BCUT2D eigenvalue weighted by Crippen LogP contribution is 2.26. The van der Waals surface area contributed by atoms with Crippen LogP contribution in [0.2, 0.25) is 0 Å². The van der Waals surface area contributed by atoms with Crippen LogP contribution < -0.4 is 0 Å². The summed E-state index contributed by atoms with van der Waals surface area (Å²) in [5, 5.41) is 1.70. The smallest absolute Gasteiger partial charge is 0.174 e. The van der Waals surface area contributed by atoms with Crippen LogP contribution in [0.25, 0.3) is 10.8 Å². The van der Waals surface area contributed by atoms with Gasteiger partial charge in [-0.2, -0.15) is 0 Å². The van der Waals surface area contributed by atoms with Gasteiger partial charge in [-0.15, -0.1) is 0 Å². The van der Waals surface area contributed by atoms with Crippen molar-refractivity contribution in [2.24, 2.45) is 5.92 Å². The van der Waals surface area contributed by atoms with Crippen LogP contribution in [0.4, 0.5) is 0 Å². The van der Waals surface area contributed by atoms with Gasteiger partial charge in [0.15, 0.2) is 17.3 Å². The summed E-state index contributed by atoms with van der Waals surface area (Å²) in [4.78, 5) is 39.7. The molecule has 0 aromatic heterocycles. The summed E-state index contributed by atoms with van der Waals surface area (Å²) in [6.45, 7) is 0. The number of hydrogen-bond donors (Lipinski definition) is 0. The van der Waals surface area contributed by atoms with Gasteiger partial charge in [0, 0.05) is 23.1 Å². The van der Waals surface area contributed by atoms with Crippen LogP contribution in [0.3, 0.4) is 0 Å². The highest BCUT2D eigenvalue weighted by Gasteiger charge is 2.31. The number of Topliss-reactive ketones (excluding diaryl/α,β-unsaturated/α-hetero) is 3. The number of benzene rings is 4. The zero-order valence-electron chi connectivity index (χ0n) is 16.3. The molecule has 0 saturated carbocycles. The molecule has 0 saturated heterocycles. The van der Waals surface area contributed by atoms with Crippen molar-refractivity contribution in [1.29, 1.82) is 0 Å². The molecule has 3 nitrogen and oxygen atoms in total. The van der Waals surface area contributed by atoms with Gasteiger partial charge in [-0.3, -0.25) is 14.4 Å². The largest absolute Gasteiger partial charge is 0.294 e. The predicted molar refractivity (Wildman–Crippen MR) is 118 cm³/mol. The van der Waals surface area contributed by atoms with Crippen LogP contribution in [-0.4, -0.2) is 17.3 Å². The zero-order chi connectivity index (χ0) is 20.9. The topological polar surface area (TPSA) is 51.2 Å². The second-order valence-corrected chi connectivity index (χ2v) is 7.17. The van der Waals surface area contributed by atoms with E-state index in [4.69, 9.17) is 0 Å². The van der Waals surface area contributed by atoms with Gasteiger partial charge in [0.1, 0.15) is 0 Å². The Morgan fingerprint density at radius 2 is 1.13 bits per heavy atom. The molecule has 0 amide bonds. The van der Waals surface area contributed by atoms with Crippen LogP contribution in [0, 0.1) is 5.92 Å². The standard InChI is InChI=1S/C27H20O3/c28-25(20-11-3-1-4-12-20)18-24(26(29)21-13-5-2-6-14-21)27(30)23-17-9-15-19-10-7-8-16-22(19)23/h1-17,24H,18H2/t24-/m1/s1. The summed E-state index contributed by atoms with van der Waals surface area (Å²) in [7, 11) is 0. The zero-order valence-corrected chi connectivity index (χ0v) is 16.3. The van der Waals surface area contributed by atoms with E-state index in [1.54, 1.807) is 60.7 Å². The SMILES string of the molecule is O=C(C[C@H](C(=O)c1ccccc1)C(=O)c1cccc2ccccc12)c1ccccc1. The second-order valence-electron chi connectivity index (χ2n) is 7.17. The minimum absolute atomic E-state index is 0.167. The van der Waals surface area contributed by atoms with Crippen molar-refractivity contribution in [2.75, 3.05) is 0 Å². The Balaban J connectivity index is 1.75. The van der Waals surface area contributed by atoms with E-state index in [2.05, 4.69) is 0 Å². The van der Waals surface area contributed by atoms with E-state index >= 15 is 0 Å². The van der Waals surface area contributed by atoms with Gasteiger partial charge in [-0.25, -0.2) is 0 Å². The molecule has 3 heteroatoms. The molecule has 0 spiro atoms. The molecular formula is C27H20O3. The van der Waals surface area contributed by atoms with E-state index in [-0.39, 0.29) is 23.8 Å². The molecule has 0 aliphatic heterocycles. The Hall–Kier alpha value is -3.85. The predicted octanol–water partition coefficient (Wildman–Crippen LogP) is 5.79. The molecule has 0 heterocycles. The molecule has 4 rings (SSSR count). The van der Waals surface area contributed by atoms with E-state index in [0.29, 0.717) is 16.7 Å². The van der Waals surface area contributed by atoms with E-state index < -0.39 is 5.92 Å². The summed E-state index contributed by atoms with van der Waals surface area (Å²) in [5.74, 6) is -1.97. The van der Waals surface area contributed by atoms with Gasteiger partial charge in [-0.1, -0.05) is 103 Å². The molecule has 0 aliphatic carbocycles. The van der Waals surface area contributed by atoms with Crippen molar-refractivity contribution < 1.29 is 14.4 Å². The van der Waals surface area contributed by atoms with Crippen LogP contribution in [0.5, 0.6) is 0 Å². The van der Waals surface area contributed by atoms with E-state index in [0.717, 1.165) is 10.8 Å². The van der Waals surface area contributed by atoms with Crippen LogP contribution in [-0.2, 0) is 0 Å². The molecule has 1 atom stereocenters. The molecule has 146 valence electrons. The maximum Gasteiger partial charge on any atom is 0.174 e. The van der Waals surface area contributed by atoms with Gasteiger partial charge < -0.3 is 0 Å². The third kappa shape index (κ3) is 3.96. The number of carbonyl (C=O) groups excluding carboxylic acids is 3. The van der Waals surface area contributed by atoms with Gasteiger partial charge in [0.2, 0.25) is 0 Å². The van der Waals surface area contributed by atoms with Gasteiger partial charge in [0.25, 0.3) is 0 Å². The first-order chi connectivity index (χ1) is 14.6. The average molecular weight is 392 g/mol. The fraction of sp³-hybridized carbons (Fsp3) is 0.0741. The lowest BCUT2D eigenvalue weighted by atomic mass is 9.84. The monoisotopic (exact) mass is 392 g/mol. The van der Waals surface area contributed by atoms with Crippen molar-refractivity contribution in [2.45, 2.75) is 6.42 Å². The molecule has 0 fully saturated rings. The second kappa shape index (κ2) is 8.66. The van der Waals surface area contributed by atoms with Crippen LogP contribution in [0.15, 0.2) is 103 Å². The van der Waals surface area contributed by atoms with Crippen molar-refractivity contribution in [3.05, 3.63) is 120 Å². The Morgan fingerprint density at radius 1 is 0.567 bits per heavy atom. The summed E-state index contributed by atoms with van der Waals surface area (Å²) >= 11 is 0. The van der Waals surface area contributed by atoms with Gasteiger partial charge in [-0.05, 0) is 10.8 Å². The lowest BCUT2D eigenvalue weighted by Gasteiger charge is -2.16. The number of rotatable bonds is 7. The minimum Gasteiger partial charge on any atom is -0.294 e. The van der Waals surface area contributed by atoms with Crippen molar-refractivity contribution in [3.8, 4) is 0 Å². The highest BCUT2D eigenvalue weighted by atomic mass is 16.2. The molecule has 4 aromatic carbocycles. The Morgan fingerprint density at radius 3 is 1.83 bits per heavy atom. The fourth-order valence-electron chi connectivity index (χ4n) is 3.66. The molecule has 0 aliphatic rings. The van der Waals surface area contributed by atoms with Crippen LogP contribution in [0.1, 0.15) is 37.5 Å². The Bertz CT molecular complexity index is 1210. The number of carbonyl (C=O) groups is 3. The highest BCUT2D eigenvalue weighted by molar-refractivity contribution is 6.21. The molecular weight excluding hydrogens is 372 g/mol. The maximum atomic E-state index is 13.6. The van der Waals surface area contributed by atoms with E-state index in [9.17, 15) is 14.4 Å². The third-order valence-corrected chi connectivity index (χ3v) is 5.23. The maximum absolute atomic E-state index is 13.6. The first-order valence-corrected chi connectivity index (χ1v) is 9.84. The molecule has 0 radical (unpaired) electrons. The first kappa shape index (κ1) is 19.5. The summed E-state index contributed by atoms with van der Waals surface area (Å²) in [5.41, 5.74) is 1.38. The molecule has 0 bridgehead atoms. The number of hydrogen-bond acceptors (Lipinski definition) is 3. The Kier molecular flexibility index (Phi) is 5.62. The lowest BCUT2D eigenvalue weighted by molar-refractivity contribution is 0.0760. The average Bonchev–Trinajstić information content (AvgIpc) is 2.82. The third-order valence-electron chi connectivity index (χ3n) is 5.23. The van der Waals surface area contributed by atoms with Crippen molar-refractivity contribution in [1.82, 2.24) is 0 Å². The van der Waals surface area contributed by atoms with Crippen LogP contribution >= 0.6 is 0 Å². The lowest BCUT2D eigenvalue weighted by Crippen LogP contribution is -2.27. The van der Waals surface area contributed by atoms with E-state index in [1.807, 2.05) is 42.5 Å². The quantitative estimate of drug-likeness (QED) is 0.295. The summed E-state index contributed by atoms with van der Waals surface area (Å²) in [6, 6.07) is 30.5. The Labute approximate surface area is 175 Å². The summed E-state index contributed by atoms with van der Waals surface area (Å²) in [6.07, 6.45) is -0.167. The molecule has 0 unspecified atom stereocenters. The first-order valence-electron chi connectivity index (χ1n) is 9.84. The van der Waals surface area contributed by atoms with Gasteiger partial charge >= 0.3 is 0 Å². The van der Waals surface area contributed by atoms with Crippen molar-refractivity contribution >= 4 is 28.1 Å². The van der Waals surface area contributed by atoms with Gasteiger partial charge in [0.05, 0.1) is 5.92 Å². The minimum atomic E-state index is -1.08. The summed E-state index contributed by atoms with van der Waals surface area (Å²) < 4.78 is 0. The molecule has 4 aromatic rings. The van der Waals surface area contributed by atoms with Crippen molar-refractivity contribution in [3.63, 3.8) is 0 Å². The fourth-order valence-corrected chi connectivity index (χ4v) is 3.66. The number of fused-ring (bicyclic) bond motifs is 1. The molecule has 0 N–H and O–H groups in total. The normalized spacial score (nSPS) is 11.7. The molecule has 30 heavy (non-hydrogen) atoms.